The summed E-state index contributed by atoms with van der Waals surface area (Å²) in [5.74, 6) is -0.714. The van der Waals surface area contributed by atoms with Crippen LogP contribution in [0.5, 0.6) is 0 Å². The number of carbonyl (C=O) groups is 1. The highest BCUT2D eigenvalue weighted by molar-refractivity contribution is 5.66. The minimum Gasteiger partial charge on any atom is -0.481 e. The molecule has 1 aromatic carbocycles. The van der Waals surface area contributed by atoms with Gasteiger partial charge < -0.3 is 9.84 Å². The van der Waals surface area contributed by atoms with E-state index >= 15 is 0 Å². The molecule has 0 amide bonds. The second kappa shape index (κ2) is 5.33. The number of benzene rings is 1. The summed E-state index contributed by atoms with van der Waals surface area (Å²) in [6.45, 7) is 0. The molecule has 1 aromatic rings. The summed E-state index contributed by atoms with van der Waals surface area (Å²) in [5, 5.41) is 8.65. The van der Waals surface area contributed by atoms with E-state index in [1.165, 1.54) is 42.4 Å². The SMILES string of the molecule is O=C(O)CCCC1OC1c1cccc2c1CCCC2. The van der Waals surface area contributed by atoms with E-state index in [9.17, 15) is 4.79 Å². The molecule has 1 aliphatic heterocycles. The van der Waals surface area contributed by atoms with E-state index < -0.39 is 5.97 Å². The lowest BCUT2D eigenvalue weighted by molar-refractivity contribution is -0.137. The molecule has 1 N–H and O–H groups in total. The van der Waals surface area contributed by atoms with Gasteiger partial charge in [0.2, 0.25) is 0 Å². The maximum Gasteiger partial charge on any atom is 0.303 e. The second-order valence-corrected chi connectivity index (χ2v) is 5.57. The summed E-state index contributed by atoms with van der Waals surface area (Å²) in [4.78, 5) is 10.5. The molecule has 102 valence electrons. The maximum atomic E-state index is 10.5. The molecular formula is C16H20O3. The van der Waals surface area contributed by atoms with Crippen molar-refractivity contribution in [2.75, 3.05) is 0 Å². The van der Waals surface area contributed by atoms with Crippen molar-refractivity contribution in [2.45, 2.75) is 57.2 Å². The Bertz CT molecular complexity index is 481. The van der Waals surface area contributed by atoms with Crippen molar-refractivity contribution >= 4 is 5.97 Å². The van der Waals surface area contributed by atoms with Crippen molar-refractivity contribution in [1.82, 2.24) is 0 Å². The van der Waals surface area contributed by atoms with Gasteiger partial charge in [0.15, 0.2) is 0 Å². The average molecular weight is 260 g/mol. The maximum absolute atomic E-state index is 10.5. The standard InChI is InChI=1S/C16H20O3/c17-15(18)10-4-9-14-16(19-14)13-8-3-6-11-5-1-2-7-12(11)13/h3,6,8,14,16H,1-2,4-5,7,9-10H2,(H,17,18). The molecule has 0 aromatic heterocycles. The minimum atomic E-state index is -0.714. The van der Waals surface area contributed by atoms with Crippen molar-refractivity contribution in [3.63, 3.8) is 0 Å². The second-order valence-electron chi connectivity index (χ2n) is 5.57. The minimum absolute atomic E-state index is 0.224. The molecule has 2 atom stereocenters. The van der Waals surface area contributed by atoms with E-state index in [-0.39, 0.29) is 18.6 Å². The zero-order valence-electron chi connectivity index (χ0n) is 11.1. The molecule has 2 unspecified atom stereocenters. The van der Waals surface area contributed by atoms with Gasteiger partial charge in [0, 0.05) is 6.42 Å². The number of hydrogen-bond donors (Lipinski definition) is 1. The van der Waals surface area contributed by atoms with Gasteiger partial charge in [-0.1, -0.05) is 18.2 Å². The van der Waals surface area contributed by atoms with Crippen LogP contribution in [0.3, 0.4) is 0 Å². The van der Waals surface area contributed by atoms with Gasteiger partial charge >= 0.3 is 5.97 Å². The summed E-state index contributed by atoms with van der Waals surface area (Å²) >= 11 is 0. The predicted molar refractivity (Wildman–Crippen MR) is 72.2 cm³/mol. The highest BCUT2D eigenvalue weighted by atomic mass is 16.6. The largest absolute Gasteiger partial charge is 0.481 e. The first-order valence-electron chi connectivity index (χ1n) is 7.23. The average Bonchev–Trinajstić information content (AvgIpc) is 3.17. The highest BCUT2D eigenvalue weighted by Gasteiger charge is 2.41. The van der Waals surface area contributed by atoms with Crippen LogP contribution in [0, 0.1) is 0 Å². The number of ether oxygens (including phenoxy) is 1. The van der Waals surface area contributed by atoms with Gasteiger partial charge in [0.05, 0.1) is 6.10 Å². The molecule has 1 saturated heterocycles. The normalized spacial score (nSPS) is 24.8. The third-order valence-corrected chi connectivity index (χ3v) is 4.20. The first kappa shape index (κ1) is 12.7. The van der Waals surface area contributed by atoms with Crippen LogP contribution >= 0.6 is 0 Å². The number of epoxide rings is 1. The first-order valence-corrected chi connectivity index (χ1v) is 7.23. The molecule has 1 fully saturated rings. The molecule has 0 saturated carbocycles. The zero-order chi connectivity index (χ0) is 13.2. The van der Waals surface area contributed by atoms with Gasteiger partial charge in [0.25, 0.3) is 0 Å². The number of carboxylic acid groups (broad SMARTS) is 1. The van der Waals surface area contributed by atoms with E-state index in [1.54, 1.807) is 0 Å². The van der Waals surface area contributed by atoms with E-state index in [4.69, 9.17) is 9.84 Å². The summed E-state index contributed by atoms with van der Waals surface area (Å²) in [7, 11) is 0. The fourth-order valence-corrected chi connectivity index (χ4v) is 3.17. The number of fused-ring (bicyclic) bond motifs is 1. The Balaban J connectivity index is 1.63. The van der Waals surface area contributed by atoms with Gasteiger partial charge in [-0.15, -0.1) is 0 Å². The number of aliphatic carboxylic acids is 1. The Labute approximate surface area is 113 Å². The van der Waals surface area contributed by atoms with Gasteiger partial charge in [-0.05, 0) is 55.2 Å². The Morgan fingerprint density at radius 2 is 2.16 bits per heavy atom. The van der Waals surface area contributed by atoms with Gasteiger partial charge in [-0.25, -0.2) is 0 Å². The number of hydrogen-bond acceptors (Lipinski definition) is 2. The Kier molecular flexibility index (Phi) is 3.56. The third kappa shape index (κ3) is 2.81. The summed E-state index contributed by atoms with van der Waals surface area (Å²) in [5.41, 5.74) is 4.35. The van der Waals surface area contributed by atoms with Crippen LogP contribution in [0.15, 0.2) is 18.2 Å². The number of aryl methyl sites for hydroxylation is 1. The highest BCUT2D eigenvalue weighted by Crippen LogP contribution is 2.44. The molecule has 3 nitrogen and oxygen atoms in total. The Hall–Kier alpha value is -1.35. The van der Waals surface area contributed by atoms with Crippen LogP contribution in [-0.2, 0) is 22.4 Å². The van der Waals surface area contributed by atoms with Gasteiger partial charge in [0.1, 0.15) is 6.10 Å². The molecule has 2 aliphatic rings. The summed E-state index contributed by atoms with van der Waals surface area (Å²) in [6, 6.07) is 6.56. The first-order chi connectivity index (χ1) is 9.25. The molecule has 3 heteroatoms. The van der Waals surface area contributed by atoms with Crippen LogP contribution in [0.25, 0.3) is 0 Å². The van der Waals surface area contributed by atoms with Crippen LogP contribution in [0.4, 0.5) is 0 Å². The number of rotatable bonds is 5. The van der Waals surface area contributed by atoms with Crippen molar-refractivity contribution in [3.8, 4) is 0 Å². The molecule has 0 bridgehead atoms. The molecule has 3 rings (SSSR count). The monoisotopic (exact) mass is 260 g/mol. The Morgan fingerprint density at radius 1 is 1.32 bits per heavy atom. The molecule has 1 heterocycles. The van der Waals surface area contributed by atoms with Crippen molar-refractivity contribution in [2.24, 2.45) is 0 Å². The van der Waals surface area contributed by atoms with Crippen LogP contribution in [-0.4, -0.2) is 17.2 Å². The van der Waals surface area contributed by atoms with Crippen LogP contribution in [0.2, 0.25) is 0 Å². The van der Waals surface area contributed by atoms with Crippen molar-refractivity contribution in [1.29, 1.82) is 0 Å². The van der Waals surface area contributed by atoms with Crippen LogP contribution in [0.1, 0.15) is 54.9 Å². The lowest BCUT2D eigenvalue weighted by Crippen LogP contribution is -2.06. The lowest BCUT2D eigenvalue weighted by atomic mass is 9.86. The fourth-order valence-electron chi connectivity index (χ4n) is 3.17. The predicted octanol–water partition coefficient (Wildman–Crippen LogP) is 3.26. The van der Waals surface area contributed by atoms with E-state index in [0.717, 1.165) is 6.42 Å². The summed E-state index contributed by atoms with van der Waals surface area (Å²) < 4.78 is 5.76. The van der Waals surface area contributed by atoms with Gasteiger partial charge in [-0.2, -0.15) is 0 Å². The van der Waals surface area contributed by atoms with Gasteiger partial charge in [-0.3, -0.25) is 4.79 Å². The fraction of sp³-hybridized carbons (Fsp3) is 0.562. The molecule has 1 aliphatic carbocycles. The molecule has 19 heavy (non-hydrogen) atoms. The smallest absolute Gasteiger partial charge is 0.303 e. The van der Waals surface area contributed by atoms with E-state index in [1.807, 2.05) is 0 Å². The van der Waals surface area contributed by atoms with E-state index in [2.05, 4.69) is 18.2 Å². The molecule has 0 spiro atoms. The third-order valence-electron chi connectivity index (χ3n) is 4.20. The van der Waals surface area contributed by atoms with Crippen molar-refractivity contribution < 1.29 is 14.6 Å². The van der Waals surface area contributed by atoms with E-state index in [0.29, 0.717) is 6.42 Å². The zero-order valence-corrected chi connectivity index (χ0v) is 11.1. The molecule has 0 radical (unpaired) electrons. The Morgan fingerprint density at radius 3 is 3.00 bits per heavy atom. The van der Waals surface area contributed by atoms with Crippen LogP contribution < -0.4 is 0 Å². The van der Waals surface area contributed by atoms with Crippen molar-refractivity contribution in [3.05, 3.63) is 34.9 Å². The lowest BCUT2D eigenvalue weighted by Gasteiger charge is -2.18. The number of carboxylic acids is 1. The molecular weight excluding hydrogens is 240 g/mol. The topological polar surface area (TPSA) is 49.8 Å². The quantitative estimate of drug-likeness (QED) is 0.827. The summed E-state index contributed by atoms with van der Waals surface area (Å²) in [6.07, 6.45) is 7.23.